The molecule has 0 bridgehead atoms. The van der Waals surface area contributed by atoms with Crippen molar-refractivity contribution in [3.8, 4) is 5.88 Å². The normalized spacial score (nSPS) is 27.5. The molecule has 1 saturated heterocycles. The van der Waals surface area contributed by atoms with Crippen LogP contribution in [0.2, 0.25) is 0 Å². The molecule has 1 aliphatic heterocycles. The summed E-state index contributed by atoms with van der Waals surface area (Å²) in [7, 11) is 0. The van der Waals surface area contributed by atoms with Gasteiger partial charge in [0.05, 0.1) is 12.7 Å². The molecule has 1 aromatic rings. The molecule has 10 heteroatoms. The Morgan fingerprint density at radius 1 is 1.77 bits per heavy atom. The first-order valence-electron chi connectivity index (χ1n) is 6.68. The van der Waals surface area contributed by atoms with Crippen molar-refractivity contribution in [3.05, 3.63) is 32.7 Å². The van der Waals surface area contributed by atoms with Gasteiger partial charge in [0, 0.05) is 27.5 Å². The van der Waals surface area contributed by atoms with Crippen molar-refractivity contribution in [2.45, 2.75) is 38.3 Å². The molecule has 1 aliphatic rings. The number of halogens is 1. The molecule has 2 heterocycles. The first-order valence-corrected chi connectivity index (χ1v) is 8.20. The van der Waals surface area contributed by atoms with Gasteiger partial charge in [-0.15, -0.1) is 0 Å². The second-order valence-electron chi connectivity index (χ2n) is 4.84. The Morgan fingerprint density at radius 2 is 2.50 bits per heavy atom. The van der Waals surface area contributed by atoms with E-state index in [1.54, 1.807) is 20.0 Å². The Hall–Kier alpha value is -1.36. The van der Waals surface area contributed by atoms with E-state index in [-0.39, 0.29) is 16.7 Å². The Morgan fingerprint density at radius 3 is 3.09 bits per heavy atom. The maximum absolute atomic E-state index is 12.1. The molecule has 22 heavy (non-hydrogen) atoms. The average Bonchev–Trinajstić information content (AvgIpc) is 2.80. The van der Waals surface area contributed by atoms with Crippen molar-refractivity contribution < 1.29 is 14.6 Å². The minimum atomic E-state index is -1.37. The Balaban J connectivity index is 2.36. The van der Waals surface area contributed by atoms with Gasteiger partial charge in [-0.1, -0.05) is 27.7 Å². The summed E-state index contributed by atoms with van der Waals surface area (Å²) >= 11 is 1.97. The molecule has 2 rings (SSSR count). The van der Waals surface area contributed by atoms with Crippen molar-refractivity contribution in [3.63, 3.8) is 0 Å². The SMILES string of the molecule is CCOc1nc(=O)n([C@@H]2C[C@H](O)[C@](CI)(N=[N+]=[N-])O2)cc1C. The van der Waals surface area contributed by atoms with Crippen LogP contribution in [0, 0.1) is 6.92 Å². The lowest BCUT2D eigenvalue weighted by Crippen LogP contribution is -2.38. The molecule has 0 spiro atoms. The zero-order chi connectivity index (χ0) is 16.3. The molecule has 1 aromatic heterocycles. The Bertz CT molecular complexity index is 659. The number of nitrogens with zero attached hydrogens (tertiary/aromatic N) is 5. The van der Waals surface area contributed by atoms with Gasteiger partial charge in [-0.2, -0.15) is 4.98 Å². The molecule has 1 fully saturated rings. The molecule has 1 N–H and O–H groups in total. The van der Waals surface area contributed by atoms with Crippen molar-refractivity contribution >= 4 is 22.6 Å². The highest BCUT2D eigenvalue weighted by Crippen LogP contribution is 2.39. The van der Waals surface area contributed by atoms with Crippen molar-refractivity contribution in [2.75, 3.05) is 11.0 Å². The number of ether oxygens (including phenoxy) is 2. The highest BCUT2D eigenvalue weighted by Gasteiger charge is 2.48. The maximum Gasteiger partial charge on any atom is 0.352 e. The summed E-state index contributed by atoms with van der Waals surface area (Å²) in [4.78, 5) is 18.7. The van der Waals surface area contributed by atoms with Gasteiger partial charge in [-0.05, 0) is 19.4 Å². The van der Waals surface area contributed by atoms with Gasteiger partial charge in [0.2, 0.25) is 5.88 Å². The highest BCUT2D eigenvalue weighted by atomic mass is 127. The quantitative estimate of drug-likeness (QED) is 0.255. The first kappa shape index (κ1) is 17.0. The zero-order valence-electron chi connectivity index (χ0n) is 12.1. The van der Waals surface area contributed by atoms with Gasteiger partial charge in [0.1, 0.15) is 6.23 Å². The molecule has 120 valence electrons. The maximum atomic E-state index is 12.1. The summed E-state index contributed by atoms with van der Waals surface area (Å²) in [5.41, 5.74) is 7.42. The highest BCUT2D eigenvalue weighted by molar-refractivity contribution is 14.1. The summed E-state index contributed by atoms with van der Waals surface area (Å²) in [6, 6.07) is 0. The standard InChI is InChI=1S/C12H16IN5O4/c1-3-21-10-7(2)5-18(11(20)15-10)9-4-8(19)12(6-13,22-9)16-17-14/h5,8-9,19H,3-4,6H2,1-2H3/t8-,9-,12+/m0/s1. The minimum absolute atomic E-state index is 0.136. The first-order chi connectivity index (χ1) is 10.5. The van der Waals surface area contributed by atoms with Crippen molar-refractivity contribution in [1.29, 1.82) is 0 Å². The van der Waals surface area contributed by atoms with E-state index >= 15 is 0 Å². The molecule has 0 aromatic carbocycles. The van der Waals surface area contributed by atoms with E-state index in [2.05, 4.69) is 15.0 Å². The molecule has 0 amide bonds. The molecule has 0 saturated carbocycles. The second kappa shape index (κ2) is 6.82. The summed E-state index contributed by atoms with van der Waals surface area (Å²) in [5.74, 6) is 0.275. The van der Waals surface area contributed by atoms with E-state index in [1.807, 2.05) is 22.6 Å². The van der Waals surface area contributed by atoms with Crippen molar-refractivity contribution in [2.24, 2.45) is 5.11 Å². The molecule has 3 atom stereocenters. The van der Waals surface area contributed by atoms with Gasteiger partial charge < -0.3 is 14.6 Å². The monoisotopic (exact) mass is 421 g/mol. The molecule has 0 radical (unpaired) electrons. The molecule has 9 nitrogen and oxygen atoms in total. The van der Waals surface area contributed by atoms with Crippen LogP contribution in [0.4, 0.5) is 0 Å². The van der Waals surface area contributed by atoms with Crippen LogP contribution < -0.4 is 10.4 Å². The smallest absolute Gasteiger partial charge is 0.352 e. The fourth-order valence-electron chi connectivity index (χ4n) is 2.26. The van der Waals surface area contributed by atoms with E-state index < -0.39 is 23.7 Å². The number of aryl methyl sites for hydroxylation is 1. The lowest BCUT2D eigenvalue weighted by atomic mass is 10.1. The fourth-order valence-corrected chi connectivity index (χ4v) is 3.10. The van der Waals surface area contributed by atoms with E-state index in [4.69, 9.17) is 15.0 Å². The zero-order valence-corrected chi connectivity index (χ0v) is 14.3. The van der Waals surface area contributed by atoms with Crippen LogP contribution in [0.3, 0.4) is 0 Å². The van der Waals surface area contributed by atoms with Crippen LogP contribution in [0.5, 0.6) is 5.88 Å². The second-order valence-corrected chi connectivity index (χ2v) is 5.61. The van der Waals surface area contributed by atoms with Crippen LogP contribution in [-0.4, -0.2) is 37.5 Å². The largest absolute Gasteiger partial charge is 0.478 e. The Kier molecular flexibility index (Phi) is 5.27. The number of alkyl halides is 1. The van der Waals surface area contributed by atoms with Gasteiger partial charge in [-0.3, -0.25) is 4.57 Å². The van der Waals surface area contributed by atoms with Gasteiger partial charge in [0.15, 0.2) is 5.72 Å². The lowest BCUT2D eigenvalue weighted by Gasteiger charge is -2.24. The van der Waals surface area contributed by atoms with Crippen LogP contribution in [0.25, 0.3) is 10.4 Å². The van der Waals surface area contributed by atoms with E-state index in [1.165, 1.54) is 4.57 Å². The minimum Gasteiger partial charge on any atom is -0.478 e. The van der Waals surface area contributed by atoms with E-state index in [0.717, 1.165) is 0 Å². The number of azide groups is 1. The van der Waals surface area contributed by atoms with E-state index in [0.29, 0.717) is 12.2 Å². The predicted molar refractivity (Wildman–Crippen MR) is 85.9 cm³/mol. The Labute approximate surface area is 140 Å². The lowest BCUT2D eigenvalue weighted by molar-refractivity contribution is -0.0820. The van der Waals surface area contributed by atoms with Crippen LogP contribution >= 0.6 is 22.6 Å². The van der Waals surface area contributed by atoms with Gasteiger partial charge >= 0.3 is 5.69 Å². The van der Waals surface area contributed by atoms with Crippen LogP contribution in [0.1, 0.15) is 25.1 Å². The predicted octanol–water partition coefficient (Wildman–Crippen LogP) is 1.67. The van der Waals surface area contributed by atoms with Crippen molar-refractivity contribution in [1.82, 2.24) is 9.55 Å². The number of aromatic nitrogens is 2. The average molecular weight is 421 g/mol. The number of rotatable bonds is 5. The van der Waals surface area contributed by atoms with E-state index in [9.17, 15) is 9.90 Å². The summed E-state index contributed by atoms with van der Waals surface area (Å²) < 4.78 is 12.5. The topological polar surface area (TPSA) is 122 Å². The molecule has 0 aliphatic carbocycles. The third kappa shape index (κ3) is 3.05. The molecular weight excluding hydrogens is 405 g/mol. The van der Waals surface area contributed by atoms with Crippen LogP contribution in [0.15, 0.2) is 16.1 Å². The van der Waals surface area contributed by atoms with Gasteiger partial charge in [-0.25, -0.2) is 4.79 Å². The molecular formula is C12H16IN5O4. The third-order valence-corrected chi connectivity index (χ3v) is 4.46. The van der Waals surface area contributed by atoms with Crippen LogP contribution in [-0.2, 0) is 4.74 Å². The summed E-state index contributed by atoms with van der Waals surface area (Å²) in [6.45, 7) is 3.97. The number of hydrogen-bond acceptors (Lipinski definition) is 6. The number of hydrogen-bond donors (Lipinski definition) is 1. The number of aliphatic hydroxyl groups excluding tert-OH is 1. The summed E-state index contributed by atoms with van der Waals surface area (Å²) in [6.07, 6.45) is -0.0394. The fraction of sp³-hybridized carbons (Fsp3) is 0.667. The summed E-state index contributed by atoms with van der Waals surface area (Å²) in [5, 5.41) is 13.7. The van der Waals surface area contributed by atoms with Gasteiger partial charge in [0.25, 0.3) is 0 Å². The third-order valence-electron chi connectivity index (χ3n) is 3.37. The molecule has 0 unspecified atom stereocenters. The number of aliphatic hydroxyl groups is 1.